The minimum Gasteiger partial charge on any atom is -0.496 e. The van der Waals surface area contributed by atoms with E-state index in [2.05, 4.69) is 21.6 Å². The molecule has 1 aromatic heterocycles. The topological polar surface area (TPSA) is 76.2 Å². The molecule has 0 bridgehead atoms. The van der Waals surface area contributed by atoms with E-state index in [-0.39, 0.29) is 11.8 Å². The Hall–Kier alpha value is -3.28. The lowest BCUT2D eigenvalue weighted by molar-refractivity contribution is 0.0934. The fourth-order valence-corrected chi connectivity index (χ4v) is 3.29. The molecule has 1 atom stereocenters. The minimum absolute atomic E-state index is 0.178. The van der Waals surface area contributed by atoms with Crippen LogP contribution in [0.15, 0.2) is 54.6 Å². The van der Waals surface area contributed by atoms with Crippen LogP contribution in [-0.2, 0) is 6.42 Å². The number of benzene rings is 2. The van der Waals surface area contributed by atoms with Crippen LogP contribution in [0.2, 0.25) is 0 Å². The molecule has 6 nitrogen and oxygen atoms in total. The van der Waals surface area contributed by atoms with Crippen molar-refractivity contribution in [2.75, 3.05) is 20.3 Å². The Bertz CT molecular complexity index is 951. The number of fused-ring (bicyclic) bond motifs is 1. The molecule has 0 radical (unpaired) electrons. The summed E-state index contributed by atoms with van der Waals surface area (Å²) in [6.07, 6.45) is 0.895. The highest BCUT2D eigenvalue weighted by atomic mass is 16.5. The number of hydrogen-bond acceptors (Lipinski definition) is 4. The van der Waals surface area contributed by atoms with Crippen molar-refractivity contribution in [3.05, 3.63) is 65.9 Å². The van der Waals surface area contributed by atoms with E-state index in [0.717, 1.165) is 17.7 Å². The quantitative estimate of drug-likeness (QED) is 0.730. The van der Waals surface area contributed by atoms with Crippen molar-refractivity contribution in [3.63, 3.8) is 0 Å². The lowest BCUT2D eigenvalue weighted by Gasteiger charge is -2.25. The molecule has 0 aliphatic carbocycles. The van der Waals surface area contributed by atoms with Crippen LogP contribution < -0.4 is 14.8 Å². The number of aromatic amines is 1. The molecule has 1 aliphatic rings. The summed E-state index contributed by atoms with van der Waals surface area (Å²) >= 11 is 0. The normalized spacial score (nSPS) is 15.5. The first-order valence-corrected chi connectivity index (χ1v) is 8.92. The minimum atomic E-state index is -0.178. The third kappa shape index (κ3) is 3.65. The third-order valence-corrected chi connectivity index (χ3v) is 4.71. The van der Waals surface area contributed by atoms with Crippen molar-refractivity contribution in [1.82, 2.24) is 15.5 Å². The number of methoxy groups -OCH3 is 1. The van der Waals surface area contributed by atoms with E-state index in [1.54, 1.807) is 13.2 Å². The molecule has 6 heteroatoms. The molecule has 0 saturated heterocycles. The van der Waals surface area contributed by atoms with E-state index < -0.39 is 0 Å². The Morgan fingerprint density at radius 1 is 1.26 bits per heavy atom. The van der Waals surface area contributed by atoms with Crippen LogP contribution in [0.3, 0.4) is 0 Å². The van der Waals surface area contributed by atoms with E-state index in [1.165, 1.54) is 5.56 Å². The van der Waals surface area contributed by atoms with Gasteiger partial charge in [0.25, 0.3) is 5.91 Å². The van der Waals surface area contributed by atoms with Crippen LogP contribution in [0.4, 0.5) is 0 Å². The first-order chi connectivity index (χ1) is 13.2. The molecule has 2 N–H and O–H groups in total. The molecular weight excluding hydrogens is 342 g/mol. The fourth-order valence-electron chi connectivity index (χ4n) is 3.29. The molecule has 1 unspecified atom stereocenters. The molecule has 1 amide bonds. The molecule has 0 fully saturated rings. The van der Waals surface area contributed by atoms with Crippen LogP contribution in [0, 0.1) is 5.92 Å². The van der Waals surface area contributed by atoms with Crippen LogP contribution in [-0.4, -0.2) is 36.4 Å². The average molecular weight is 363 g/mol. The monoisotopic (exact) mass is 363 g/mol. The number of carbonyl (C=O) groups excluding carboxylic acids is 1. The Kier molecular flexibility index (Phi) is 4.78. The molecular formula is C21H21N3O3. The summed E-state index contributed by atoms with van der Waals surface area (Å²) in [5.74, 6) is 1.73. The summed E-state index contributed by atoms with van der Waals surface area (Å²) in [5.41, 5.74) is 3.12. The maximum atomic E-state index is 12.5. The highest BCUT2D eigenvalue weighted by Gasteiger charge is 2.21. The van der Waals surface area contributed by atoms with Crippen molar-refractivity contribution < 1.29 is 14.3 Å². The first-order valence-electron chi connectivity index (χ1n) is 8.92. The second-order valence-electron chi connectivity index (χ2n) is 6.57. The molecule has 27 heavy (non-hydrogen) atoms. The molecule has 3 aromatic rings. The number of rotatable bonds is 5. The predicted octanol–water partition coefficient (Wildman–Crippen LogP) is 3.07. The van der Waals surface area contributed by atoms with Gasteiger partial charge in [0.1, 0.15) is 17.2 Å². The van der Waals surface area contributed by atoms with Crippen molar-refractivity contribution in [2.24, 2.45) is 5.92 Å². The number of hydrogen-bond donors (Lipinski definition) is 2. The molecule has 4 rings (SSSR count). The van der Waals surface area contributed by atoms with E-state index in [4.69, 9.17) is 9.47 Å². The summed E-state index contributed by atoms with van der Waals surface area (Å²) in [5, 5.41) is 10.0. The first kappa shape index (κ1) is 17.1. The van der Waals surface area contributed by atoms with Gasteiger partial charge in [-0.25, -0.2) is 0 Å². The van der Waals surface area contributed by atoms with Crippen molar-refractivity contribution in [2.45, 2.75) is 6.42 Å². The molecule has 2 heterocycles. The van der Waals surface area contributed by atoms with Gasteiger partial charge >= 0.3 is 0 Å². The zero-order valence-corrected chi connectivity index (χ0v) is 15.1. The highest BCUT2D eigenvalue weighted by molar-refractivity contribution is 5.93. The number of H-pyrrole nitrogens is 1. The number of carbonyl (C=O) groups is 1. The van der Waals surface area contributed by atoms with Crippen LogP contribution in [0.25, 0.3) is 11.3 Å². The lowest BCUT2D eigenvalue weighted by atomic mass is 9.97. The van der Waals surface area contributed by atoms with Gasteiger partial charge in [-0.1, -0.05) is 30.3 Å². The van der Waals surface area contributed by atoms with Crippen LogP contribution in [0.1, 0.15) is 16.1 Å². The van der Waals surface area contributed by atoms with E-state index >= 15 is 0 Å². The zero-order chi connectivity index (χ0) is 18.6. The largest absolute Gasteiger partial charge is 0.496 e. The van der Waals surface area contributed by atoms with Crippen molar-refractivity contribution >= 4 is 5.91 Å². The third-order valence-electron chi connectivity index (χ3n) is 4.71. The van der Waals surface area contributed by atoms with Gasteiger partial charge in [0, 0.05) is 18.0 Å². The maximum absolute atomic E-state index is 12.5. The SMILES string of the molecule is COc1ccccc1-c1cc(C(=O)NCC2COc3ccccc3C2)[nH]n1. The van der Waals surface area contributed by atoms with Crippen molar-refractivity contribution in [1.29, 1.82) is 0 Å². The molecule has 2 aromatic carbocycles. The van der Waals surface area contributed by atoms with Gasteiger partial charge in [-0.05, 0) is 36.2 Å². The summed E-state index contributed by atoms with van der Waals surface area (Å²) in [4.78, 5) is 12.5. The maximum Gasteiger partial charge on any atom is 0.269 e. The summed E-state index contributed by atoms with van der Waals surface area (Å²) < 4.78 is 11.1. The Labute approximate surface area is 157 Å². The van der Waals surface area contributed by atoms with E-state index in [9.17, 15) is 4.79 Å². The van der Waals surface area contributed by atoms with E-state index in [0.29, 0.717) is 30.3 Å². The fraction of sp³-hybridized carbons (Fsp3) is 0.238. The highest BCUT2D eigenvalue weighted by Crippen LogP contribution is 2.28. The summed E-state index contributed by atoms with van der Waals surface area (Å²) in [7, 11) is 1.61. The number of nitrogens with zero attached hydrogens (tertiary/aromatic N) is 1. The van der Waals surface area contributed by atoms with Crippen LogP contribution in [0.5, 0.6) is 11.5 Å². The molecule has 138 valence electrons. The van der Waals surface area contributed by atoms with Gasteiger partial charge in [-0.15, -0.1) is 0 Å². The van der Waals surface area contributed by atoms with Crippen molar-refractivity contribution in [3.8, 4) is 22.8 Å². The second kappa shape index (κ2) is 7.53. The Balaban J connectivity index is 1.39. The van der Waals surface area contributed by atoms with Gasteiger partial charge < -0.3 is 14.8 Å². The molecule has 0 saturated carbocycles. The summed E-state index contributed by atoms with van der Waals surface area (Å²) in [6.45, 7) is 1.16. The smallest absolute Gasteiger partial charge is 0.269 e. The number of ether oxygens (including phenoxy) is 2. The van der Waals surface area contributed by atoms with Crippen LogP contribution >= 0.6 is 0 Å². The number of nitrogens with one attached hydrogen (secondary N) is 2. The second-order valence-corrected chi connectivity index (χ2v) is 6.57. The van der Waals surface area contributed by atoms with Gasteiger partial charge in [-0.2, -0.15) is 5.10 Å². The van der Waals surface area contributed by atoms with Gasteiger partial charge in [0.15, 0.2) is 0 Å². The number of amides is 1. The molecule has 0 spiro atoms. The number of aromatic nitrogens is 2. The van der Waals surface area contributed by atoms with E-state index in [1.807, 2.05) is 42.5 Å². The predicted molar refractivity (Wildman–Crippen MR) is 102 cm³/mol. The molecule has 1 aliphatic heterocycles. The number of para-hydroxylation sites is 2. The average Bonchev–Trinajstić information content (AvgIpc) is 3.22. The summed E-state index contributed by atoms with van der Waals surface area (Å²) in [6, 6.07) is 17.3. The standard InChI is InChI=1S/C21H21N3O3/c1-26-20-9-5-3-7-16(20)17-11-18(24-23-17)21(25)22-12-14-10-15-6-2-4-8-19(15)27-13-14/h2-9,11,14H,10,12-13H2,1H3,(H,22,25)(H,23,24). The Morgan fingerprint density at radius 3 is 2.96 bits per heavy atom. The zero-order valence-electron chi connectivity index (χ0n) is 15.1. The van der Waals surface area contributed by atoms with Gasteiger partial charge in [0.2, 0.25) is 0 Å². The lowest BCUT2D eigenvalue weighted by Crippen LogP contribution is -2.34. The van der Waals surface area contributed by atoms with Gasteiger partial charge in [-0.3, -0.25) is 9.89 Å². The Morgan fingerprint density at radius 2 is 2.07 bits per heavy atom. The van der Waals surface area contributed by atoms with Gasteiger partial charge in [0.05, 0.1) is 19.4 Å².